The second-order valence-corrected chi connectivity index (χ2v) is 3.79. The predicted octanol–water partition coefficient (Wildman–Crippen LogP) is 2.15. The van der Waals surface area contributed by atoms with Crippen LogP contribution in [0.3, 0.4) is 0 Å². The van der Waals surface area contributed by atoms with Crippen molar-refractivity contribution in [2.75, 3.05) is 6.54 Å². The molecular weight excluding hydrogens is 186 g/mol. The first-order valence-corrected chi connectivity index (χ1v) is 5.45. The highest BCUT2D eigenvalue weighted by molar-refractivity contribution is 5.38. The lowest BCUT2D eigenvalue weighted by molar-refractivity contribution is 0.200. The largest absolute Gasteiger partial charge is 0.488 e. The molecule has 0 amide bonds. The van der Waals surface area contributed by atoms with Gasteiger partial charge in [0.2, 0.25) is 0 Å². The number of nitrogens with one attached hydrogen (secondary N) is 1. The molecule has 1 N–H and O–H groups in total. The van der Waals surface area contributed by atoms with E-state index < -0.39 is 0 Å². The molecule has 1 heterocycles. The van der Waals surface area contributed by atoms with Crippen molar-refractivity contribution in [3.63, 3.8) is 0 Å². The summed E-state index contributed by atoms with van der Waals surface area (Å²) in [5, 5.41) is 3.37. The van der Waals surface area contributed by atoms with E-state index in [1.54, 1.807) is 0 Å². The maximum absolute atomic E-state index is 5.88. The smallest absolute Gasteiger partial charge is 0.123 e. The lowest BCUT2D eigenvalue weighted by Crippen LogP contribution is -2.40. The van der Waals surface area contributed by atoms with Crippen molar-refractivity contribution in [1.29, 1.82) is 0 Å². The van der Waals surface area contributed by atoms with E-state index in [2.05, 4.69) is 31.0 Å². The second-order valence-electron chi connectivity index (χ2n) is 3.79. The van der Waals surface area contributed by atoms with Crippen LogP contribution in [0, 0.1) is 0 Å². The van der Waals surface area contributed by atoms with Crippen LogP contribution in [0.2, 0.25) is 0 Å². The fourth-order valence-electron chi connectivity index (χ4n) is 2.01. The second kappa shape index (κ2) is 4.49. The molecule has 2 atom stereocenters. The maximum Gasteiger partial charge on any atom is 0.123 e. The number of hydrogen-bond acceptors (Lipinski definition) is 2. The number of rotatable bonds is 4. The van der Waals surface area contributed by atoms with Crippen LogP contribution >= 0.6 is 0 Å². The van der Waals surface area contributed by atoms with Crippen molar-refractivity contribution in [2.45, 2.75) is 25.5 Å². The Labute approximate surface area is 91.0 Å². The van der Waals surface area contributed by atoms with Gasteiger partial charge in [0.1, 0.15) is 11.9 Å². The Bertz CT molecular complexity index is 323. The molecule has 0 aromatic heterocycles. The molecule has 2 unspecified atom stereocenters. The van der Waals surface area contributed by atoms with E-state index in [0.29, 0.717) is 0 Å². The van der Waals surface area contributed by atoms with Gasteiger partial charge in [0.05, 0.1) is 6.04 Å². The molecule has 0 saturated heterocycles. The molecule has 0 bridgehead atoms. The molecule has 0 saturated carbocycles. The SMILES string of the molecule is C=CC(NCC)C1Cc2ccccc2O1. The average Bonchev–Trinajstić information content (AvgIpc) is 2.69. The highest BCUT2D eigenvalue weighted by Crippen LogP contribution is 2.29. The Hall–Kier alpha value is -1.28. The van der Waals surface area contributed by atoms with Crippen LogP contribution in [0.4, 0.5) is 0 Å². The number of benzene rings is 1. The summed E-state index contributed by atoms with van der Waals surface area (Å²) in [5.74, 6) is 1.02. The number of hydrogen-bond donors (Lipinski definition) is 1. The third-order valence-electron chi connectivity index (χ3n) is 2.77. The van der Waals surface area contributed by atoms with Gasteiger partial charge >= 0.3 is 0 Å². The predicted molar refractivity (Wildman–Crippen MR) is 62.2 cm³/mol. The Kier molecular flexibility index (Phi) is 3.07. The normalized spacial score (nSPS) is 20.5. The summed E-state index contributed by atoms with van der Waals surface area (Å²) in [4.78, 5) is 0. The fourth-order valence-corrected chi connectivity index (χ4v) is 2.01. The van der Waals surface area contributed by atoms with E-state index in [-0.39, 0.29) is 12.1 Å². The summed E-state index contributed by atoms with van der Waals surface area (Å²) in [5.41, 5.74) is 1.30. The molecule has 0 radical (unpaired) electrons. The Morgan fingerprint density at radius 1 is 1.60 bits per heavy atom. The quantitative estimate of drug-likeness (QED) is 0.757. The van der Waals surface area contributed by atoms with Crippen molar-refractivity contribution in [3.05, 3.63) is 42.5 Å². The molecule has 1 aromatic carbocycles. The third-order valence-corrected chi connectivity index (χ3v) is 2.77. The summed E-state index contributed by atoms with van der Waals surface area (Å²) in [6.07, 6.45) is 3.10. The van der Waals surface area contributed by atoms with E-state index in [1.165, 1.54) is 5.56 Å². The van der Waals surface area contributed by atoms with E-state index in [0.717, 1.165) is 18.7 Å². The van der Waals surface area contributed by atoms with Crippen LogP contribution in [0.15, 0.2) is 36.9 Å². The van der Waals surface area contributed by atoms with Crippen LogP contribution in [0.5, 0.6) is 5.75 Å². The van der Waals surface area contributed by atoms with Gasteiger partial charge in [-0.3, -0.25) is 0 Å². The van der Waals surface area contributed by atoms with E-state index in [4.69, 9.17) is 4.74 Å². The topological polar surface area (TPSA) is 21.3 Å². The van der Waals surface area contributed by atoms with Gasteiger partial charge in [-0.2, -0.15) is 0 Å². The van der Waals surface area contributed by atoms with Gasteiger partial charge in [0, 0.05) is 6.42 Å². The summed E-state index contributed by atoms with van der Waals surface area (Å²) >= 11 is 0. The summed E-state index contributed by atoms with van der Waals surface area (Å²) in [7, 11) is 0. The highest BCUT2D eigenvalue weighted by atomic mass is 16.5. The Morgan fingerprint density at radius 2 is 2.40 bits per heavy atom. The molecule has 15 heavy (non-hydrogen) atoms. The fraction of sp³-hybridized carbons (Fsp3) is 0.385. The molecule has 80 valence electrons. The molecular formula is C13H17NO. The zero-order valence-electron chi connectivity index (χ0n) is 9.07. The van der Waals surface area contributed by atoms with Gasteiger partial charge in [0.25, 0.3) is 0 Å². The minimum absolute atomic E-state index is 0.194. The molecule has 0 spiro atoms. The van der Waals surface area contributed by atoms with Crippen molar-refractivity contribution in [3.8, 4) is 5.75 Å². The van der Waals surface area contributed by atoms with Crippen molar-refractivity contribution in [1.82, 2.24) is 5.32 Å². The molecule has 0 aliphatic carbocycles. The molecule has 0 fully saturated rings. The van der Waals surface area contributed by atoms with Gasteiger partial charge in [-0.1, -0.05) is 31.2 Å². The van der Waals surface area contributed by atoms with E-state index in [1.807, 2.05) is 18.2 Å². The number of likely N-dealkylation sites (N-methyl/N-ethyl adjacent to an activating group) is 1. The monoisotopic (exact) mass is 203 g/mol. The van der Waals surface area contributed by atoms with Gasteiger partial charge < -0.3 is 10.1 Å². The number of ether oxygens (including phenoxy) is 1. The van der Waals surface area contributed by atoms with E-state index in [9.17, 15) is 0 Å². The van der Waals surface area contributed by atoms with Crippen LogP contribution in [0.1, 0.15) is 12.5 Å². The van der Waals surface area contributed by atoms with Gasteiger partial charge in [-0.15, -0.1) is 6.58 Å². The van der Waals surface area contributed by atoms with E-state index >= 15 is 0 Å². The van der Waals surface area contributed by atoms with Crippen LogP contribution in [-0.4, -0.2) is 18.7 Å². The van der Waals surface area contributed by atoms with Crippen molar-refractivity contribution in [2.24, 2.45) is 0 Å². The summed E-state index contributed by atoms with van der Waals surface area (Å²) in [6.45, 7) is 6.88. The Morgan fingerprint density at radius 3 is 3.07 bits per heavy atom. The first-order valence-electron chi connectivity index (χ1n) is 5.45. The average molecular weight is 203 g/mol. The minimum Gasteiger partial charge on any atom is -0.488 e. The molecule has 1 aromatic rings. The van der Waals surface area contributed by atoms with Gasteiger partial charge in [0.15, 0.2) is 0 Å². The first-order chi connectivity index (χ1) is 7.35. The van der Waals surface area contributed by atoms with Crippen LogP contribution < -0.4 is 10.1 Å². The molecule has 2 rings (SSSR count). The zero-order chi connectivity index (χ0) is 10.7. The third kappa shape index (κ3) is 2.05. The summed E-state index contributed by atoms with van der Waals surface area (Å²) < 4.78 is 5.88. The van der Waals surface area contributed by atoms with Crippen molar-refractivity contribution < 1.29 is 4.74 Å². The van der Waals surface area contributed by atoms with Gasteiger partial charge in [-0.05, 0) is 18.2 Å². The standard InChI is InChI=1S/C13H17NO/c1-3-11(14-4-2)13-9-10-7-5-6-8-12(10)15-13/h3,5-8,11,13-14H,1,4,9H2,2H3. The Balaban J connectivity index is 2.08. The minimum atomic E-state index is 0.194. The van der Waals surface area contributed by atoms with Crippen LogP contribution in [0.25, 0.3) is 0 Å². The van der Waals surface area contributed by atoms with Crippen molar-refractivity contribution >= 4 is 0 Å². The molecule has 2 nitrogen and oxygen atoms in total. The molecule has 1 aliphatic rings. The number of fused-ring (bicyclic) bond motifs is 1. The summed E-state index contributed by atoms with van der Waals surface area (Å²) in [6, 6.07) is 8.46. The van der Waals surface area contributed by atoms with Gasteiger partial charge in [-0.25, -0.2) is 0 Å². The maximum atomic E-state index is 5.88. The molecule has 1 aliphatic heterocycles. The zero-order valence-corrected chi connectivity index (χ0v) is 9.07. The number of para-hydroxylation sites is 1. The van der Waals surface area contributed by atoms with Crippen LogP contribution in [-0.2, 0) is 6.42 Å². The first kappa shape index (κ1) is 10.2. The lowest BCUT2D eigenvalue weighted by Gasteiger charge is -2.20. The lowest BCUT2D eigenvalue weighted by atomic mass is 10.0. The highest BCUT2D eigenvalue weighted by Gasteiger charge is 2.27. The molecule has 2 heteroatoms.